The molecule has 0 unspecified atom stereocenters. The molecule has 0 atom stereocenters. The van der Waals surface area contributed by atoms with Crippen LogP contribution in [0.25, 0.3) is 0 Å². The molecule has 0 rings (SSSR count). The van der Waals surface area contributed by atoms with E-state index in [2.05, 4.69) is 18.8 Å². The molecule has 108 valence electrons. The number of nitrogens with zero attached hydrogens (tertiary/aromatic N) is 1. The zero-order valence-corrected chi connectivity index (χ0v) is 13.6. The highest BCUT2D eigenvalue weighted by Gasteiger charge is 2.36. The topological polar surface area (TPSA) is 40.0 Å². The Kier molecular flexibility index (Phi) is 10.5. The molecule has 0 amide bonds. The molecule has 5 heteroatoms. The van der Waals surface area contributed by atoms with Crippen LogP contribution in [-0.2, 0) is 13.3 Å². The van der Waals surface area contributed by atoms with Crippen LogP contribution in [0.4, 0.5) is 0 Å². The van der Waals surface area contributed by atoms with Gasteiger partial charge in [0, 0.05) is 39.6 Å². The fourth-order valence-corrected chi connectivity index (χ4v) is 3.54. The van der Waals surface area contributed by atoms with E-state index < -0.39 is 8.80 Å². The van der Waals surface area contributed by atoms with Gasteiger partial charge in [0.15, 0.2) is 0 Å². The van der Waals surface area contributed by atoms with Crippen molar-refractivity contribution >= 4 is 14.5 Å². The van der Waals surface area contributed by atoms with Crippen LogP contribution in [0.15, 0.2) is 4.99 Å². The molecule has 0 aliphatic carbocycles. The standard InChI is InChI=1S/C13H29NO3Si/c1-6-8-10-13(7-2)14-11-9-12-18(15-3,16-4)17-5/h6-12H2,1-5H3/b14-13+. The first-order valence-corrected chi connectivity index (χ1v) is 8.78. The van der Waals surface area contributed by atoms with Crippen LogP contribution in [0.2, 0.25) is 6.04 Å². The van der Waals surface area contributed by atoms with E-state index >= 15 is 0 Å². The Bertz CT molecular complexity index is 222. The predicted molar refractivity (Wildman–Crippen MR) is 78.3 cm³/mol. The van der Waals surface area contributed by atoms with Crippen LogP contribution in [-0.4, -0.2) is 42.4 Å². The van der Waals surface area contributed by atoms with Crippen LogP contribution in [0, 0.1) is 0 Å². The highest BCUT2D eigenvalue weighted by Crippen LogP contribution is 2.15. The van der Waals surface area contributed by atoms with Gasteiger partial charge < -0.3 is 13.3 Å². The van der Waals surface area contributed by atoms with Crippen LogP contribution in [0.5, 0.6) is 0 Å². The molecule has 0 aromatic rings. The number of aliphatic imine (C=N–C) groups is 1. The summed E-state index contributed by atoms with van der Waals surface area (Å²) in [5.74, 6) is 0. The van der Waals surface area contributed by atoms with Crippen molar-refractivity contribution in [2.75, 3.05) is 27.9 Å². The summed E-state index contributed by atoms with van der Waals surface area (Å²) in [4.78, 5) is 4.66. The van der Waals surface area contributed by atoms with E-state index in [1.54, 1.807) is 21.3 Å². The van der Waals surface area contributed by atoms with E-state index in [1.165, 1.54) is 18.6 Å². The molecule has 0 N–H and O–H groups in total. The Labute approximate surface area is 113 Å². The first-order chi connectivity index (χ1) is 8.67. The molecule has 18 heavy (non-hydrogen) atoms. The lowest BCUT2D eigenvalue weighted by Crippen LogP contribution is -2.42. The number of unbranched alkanes of at least 4 members (excludes halogenated alkanes) is 1. The van der Waals surface area contributed by atoms with Crippen molar-refractivity contribution in [2.24, 2.45) is 4.99 Å². The van der Waals surface area contributed by atoms with E-state index in [0.29, 0.717) is 0 Å². The lowest BCUT2D eigenvalue weighted by atomic mass is 10.1. The molecule has 0 aromatic carbocycles. The van der Waals surface area contributed by atoms with Crippen LogP contribution < -0.4 is 0 Å². The Hall–Kier alpha value is -0.233. The minimum absolute atomic E-state index is 0.824. The maximum absolute atomic E-state index is 5.38. The molecule has 0 aromatic heterocycles. The minimum atomic E-state index is -2.39. The molecule has 0 bridgehead atoms. The van der Waals surface area contributed by atoms with Crippen LogP contribution >= 0.6 is 0 Å². The molecule has 0 radical (unpaired) electrons. The van der Waals surface area contributed by atoms with Gasteiger partial charge in [-0.15, -0.1) is 0 Å². The fourth-order valence-electron chi connectivity index (χ4n) is 1.84. The van der Waals surface area contributed by atoms with E-state index in [9.17, 15) is 0 Å². The highest BCUT2D eigenvalue weighted by molar-refractivity contribution is 6.60. The zero-order chi connectivity index (χ0) is 13.9. The second kappa shape index (κ2) is 10.7. The van der Waals surface area contributed by atoms with Crippen molar-refractivity contribution in [3.8, 4) is 0 Å². The van der Waals surface area contributed by atoms with Gasteiger partial charge in [-0.2, -0.15) is 0 Å². The summed E-state index contributed by atoms with van der Waals surface area (Å²) >= 11 is 0. The third kappa shape index (κ3) is 6.63. The van der Waals surface area contributed by atoms with Crippen LogP contribution in [0.1, 0.15) is 46.0 Å². The fraction of sp³-hybridized carbons (Fsp3) is 0.923. The summed E-state index contributed by atoms with van der Waals surface area (Å²) in [6.45, 7) is 5.23. The van der Waals surface area contributed by atoms with Crippen molar-refractivity contribution < 1.29 is 13.3 Å². The van der Waals surface area contributed by atoms with Crippen molar-refractivity contribution in [1.82, 2.24) is 0 Å². The molecule has 0 fully saturated rings. The smallest absolute Gasteiger partial charge is 0.377 e. The third-order valence-electron chi connectivity index (χ3n) is 3.14. The number of hydrogen-bond acceptors (Lipinski definition) is 4. The van der Waals surface area contributed by atoms with E-state index in [0.717, 1.165) is 31.9 Å². The normalized spacial score (nSPS) is 13.1. The van der Waals surface area contributed by atoms with Crippen molar-refractivity contribution in [3.05, 3.63) is 0 Å². The summed E-state index contributed by atoms with van der Waals surface area (Å²) < 4.78 is 16.1. The summed E-state index contributed by atoms with van der Waals surface area (Å²) in [6, 6.07) is 0.824. The summed E-state index contributed by atoms with van der Waals surface area (Å²) in [5, 5.41) is 0. The van der Waals surface area contributed by atoms with Crippen LogP contribution in [0.3, 0.4) is 0 Å². The van der Waals surface area contributed by atoms with Gasteiger partial charge in [-0.1, -0.05) is 20.3 Å². The molecule has 0 heterocycles. The van der Waals surface area contributed by atoms with E-state index in [4.69, 9.17) is 13.3 Å². The van der Waals surface area contributed by atoms with Gasteiger partial charge >= 0.3 is 8.80 Å². The molecule has 0 aliphatic rings. The second-order valence-corrected chi connectivity index (χ2v) is 7.39. The van der Waals surface area contributed by atoms with E-state index in [-0.39, 0.29) is 0 Å². The average molecular weight is 275 g/mol. The highest BCUT2D eigenvalue weighted by atomic mass is 28.4. The maximum Gasteiger partial charge on any atom is 0.500 e. The van der Waals surface area contributed by atoms with Crippen molar-refractivity contribution in [1.29, 1.82) is 0 Å². The van der Waals surface area contributed by atoms with Crippen molar-refractivity contribution in [2.45, 2.75) is 52.0 Å². The Balaban J connectivity index is 4.04. The molecule has 0 saturated heterocycles. The average Bonchev–Trinajstić information content (AvgIpc) is 2.43. The van der Waals surface area contributed by atoms with Gasteiger partial charge in [0.25, 0.3) is 0 Å². The van der Waals surface area contributed by atoms with Gasteiger partial charge in [-0.3, -0.25) is 4.99 Å². The number of rotatable bonds is 11. The molecule has 0 saturated carbocycles. The molecule has 4 nitrogen and oxygen atoms in total. The Morgan fingerprint density at radius 2 is 1.61 bits per heavy atom. The van der Waals surface area contributed by atoms with Gasteiger partial charge in [0.05, 0.1) is 0 Å². The molecule has 0 spiro atoms. The predicted octanol–water partition coefficient (Wildman–Crippen LogP) is 3.30. The van der Waals surface area contributed by atoms with Gasteiger partial charge in [-0.05, 0) is 25.7 Å². The first kappa shape index (κ1) is 17.8. The Morgan fingerprint density at radius 1 is 1.00 bits per heavy atom. The van der Waals surface area contributed by atoms with Gasteiger partial charge in [-0.25, -0.2) is 0 Å². The summed E-state index contributed by atoms with van der Waals surface area (Å²) in [7, 11) is 2.57. The molecular formula is C13H29NO3Si. The summed E-state index contributed by atoms with van der Waals surface area (Å²) in [5.41, 5.74) is 1.33. The second-order valence-electron chi connectivity index (χ2n) is 4.30. The summed E-state index contributed by atoms with van der Waals surface area (Å²) in [6.07, 6.45) is 5.61. The first-order valence-electron chi connectivity index (χ1n) is 6.85. The SMILES string of the molecule is CCCC/C(CC)=N/CCC[Si](OC)(OC)OC. The number of hydrogen-bond donors (Lipinski definition) is 0. The zero-order valence-electron chi connectivity index (χ0n) is 12.6. The van der Waals surface area contributed by atoms with E-state index in [1.807, 2.05) is 0 Å². The lowest BCUT2D eigenvalue weighted by molar-refractivity contribution is 0.123. The monoisotopic (exact) mass is 275 g/mol. The third-order valence-corrected chi connectivity index (χ3v) is 5.97. The van der Waals surface area contributed by atoms with Gasteiger partial charge in [0.1, 0.15) is 0 Å². The van der Waals surface area contributed by atoms with Gasteiger partial charge in [0.2, 0.25) is 0 Å². The molecular weight excluding hydrogens is 246 g/mol. The van der Waals surface area contributed by atoms with Crippen molar-refractivity contribution in [3.63, 3.8) is 0 Å². The molecule has 0 aliphatic heterocycles. The lowest BCUT2D eigenvalue weighted by Gasteiger charge is -2.23. The Morgan fingerprint density at radius 3 is 2.06 bits per heavy atom. The minimum Gasteiger partial charge on any atom is -0.377 e. The largest absolute Gasteiger partial charge is 0.500 e. The maximum atomic E-state index is 5.38. The quantitative estimate of drug-likeness (QED) is 0.330.